The minimum Gasteiger partial charge on any atom is -0.457 e. The molecule has 3 rings (SSSR count). The predicted octanol–water partition coefficient (Wildman–Crippen LogP) is 5.67. The molecule has 1 heterocycles. The number of non-ortho nitro benzene ring substituents is 1. The second kappa shape index (κ2) is 8.77. The SMILES string of the molecule is Cc1cc(C)c(C)c(Oc2cc(NC(=O)C(C)n3cc(Cl)c(C)n3)cc([N+](=O)[O-])c2)c1. The van der Waals surface area contributed by atoms with E-state index in [0.717, 1.165) is 16.7 Å². The molecule has 0 bridgehead atoms. The second-order valence-corrected chi connectivity index (χ2v) is 7.89. The Kier molecular flexibility index (Phi) is 6.31. The molecule has 1 amide bonds. The molecule has 0 saturated carbocycles. The fourth-order valence-corrected chi connectivity index (χ4v) is 3.22. The van der Waals surface area contributed by atoms with Crippen LogP contribution in [0, 0.1) is 37.8 Å². The minimum atomic E-state index is -0.670. The Morgan fingerprint density at radius 1 is 1.19 bits per heavy atom. The molecule has 0 spiro atoms. The van der Waals surface area contributed by atoms with Gasteiger partial charge in [-0.15, -0.1) is 0 Å². The van der Waals surface area contributed by atoms with E-state index in [1.807, 2.05) is 32.9 Å². The van der Waals surface area contributed by atoms with E-state index in [-0.39, 0.29) is 17.1 Å². The van der Waals surface area contributed by atoms with Gasteiger partial charge in [0.2, 0.25) is 5.91 Å². The summed E-state index contributed by atoms with van der Waals surface area (Å²) in [5, 5.41) is 18.8. The Hall–Kier alpha value is -3.39. The van der Waals surface area contributed by atoms with Gasteiger partial charge in [0, 0.05) is 18.3 Å². The van der Waals surface area contributed by atoms with Gasteiger partial charge in [-0.1, -0.05) is 17.7 Å². The first-order chi connectivity index (χ1) is 14.5. The summed E-state index contributed by atoms with van der Waals surface area (Å²) in [6.45, 7) is 9.24. The molecule has 1 aromatic heterocycles. The molecule has 0 aliphatic carbocycles. The smallest absolute Gasteiger partial charge is 0.275 e. The maximum absolute atomic E-state index is 12.7. The van der Waals surface area contributed by atoms with Crippen LogP contribution in [0.5, 0.6) is 11.5 Å². The van der Waals surface area contributed by atoms with Crippen molar-refractivity contribution >= 4 is 28.9 Å². The first kappa shape index (κ1) is 22.3. The van der Waals surface area contributed by atoms with Crippen LogP contribution >= 0.6 is 11.6 Å². The lowest BCUT2D eigenvalue weighted by molar-refractivity contribution is -0.384. The van der Waals surface area contributed by atoms with Crippen molar-refractivity contribution in [2.24, 2.45) is 0 Å². The number of nitro groups is 1. The fourth-order valence-electron chi connectivity index (χ4n) is 3.08. The van der Waals surface area contributed by atoms with Gasteiger partial charge >= 0.3 is 0 Å². The van der Waals surface area contributed by atoms with Crippen molar-refractivity contribution in [2.45, 2.75) is 40.7 Å². The van der Waals surface area contributed by atoms with Gasteiger partial charge in [-0.25, -0.2) is 0 Å². The number of nitrogens with zero attached hydrogens (tertiary/aromatic N) is 3. The number of hydrogen-bond acceptors (Lipinski definition) is 5. The molecule has 0 aliphatic heterocycles. The molecule has 162 valence electrons. The zero-order valence-corrected chi connectivity index (χ0v) is 18.6. The zero-order chi connectivity index (χ0) is 22.9. The number of benzene rings is 2. The van der Waals surface area contributed by atoms with Crippen LogP contribution in [-0.2, 0) is 4.79 Å². The Morgan fingerprint density at radius 3 is 2.52 bits per heavy atom. The highest BCUT2D eigenvalue weighted by Crippen LogP contribution is 2.33. The molecule has 0 saturated heterocycles. The molecule has 9 heteroatoms. The summed E-state index contributed by atoms with van der Waals surface area (Å²) < 4.78 is 7.40. The van der Waals surface area contributed by atoms with Gasteiger partial charge in [-0.3, -0.25) is 19.6 Å². The number of ether oxygens (including phenoxy) is 1. The number of carbonyl (C=O) groups excluding carboxylic acids is 1. The number of halogens is 1. The molecule has 1 unspecified atom stereocenters. The standard InChI is InChI=1S/C22H23ClN4O4/c1-12-6-13(2)14(3)21(7-12)31-19-9-17(8-18(10-19)27(29)30)24-22(28)16(5)26-11-20(23)15(4)25-26/h6-11,16H,1-5H3,(H,24,28). The maximum Gasteiger partial charge on any atom is 0.275 e. The lowest BCUT2D eigenvalue weighted by Gasteiger charge is -2.15. The van der Waals surface area contributed by atoms with Crippen molar-refractivity contribution in [1.82, 2.24) is 9.78 Å². The third-order valence-electron chi connectivity index (χ3n) is 4.99. The van der Waals surface area contributed by atoms with Crippen molar-refractivity contribution in [2.75, 3.05) is 5.32 Å². The first-order valence-corrected chi connectivity index (χ1v) is 10.00. The summed E-state index contributed by atoms with van der Waals surface area (Å²) in [5.41, 5.74) is 3.66. The molecule has 3 aromatic rings. The molecule has 8 nitrogen and oxygen atoms in total. The van der Waals surface area contributed by atoms with E-state index in [4.69, 9.17) is 16.3 Å². The summed E-state index contributed by atoms with van der Waals surface area (Å²) in [5.74, 6) is 0.460. The largest absolute Gasteiger partial charge is 0.457 e. The van der Waals surface area contributed by atoms with Crippen LogP contribution in [0.2, 0.25) is 5.02 Å². The van der Waals surface area contributed by atoms with Crippen molar-refractivity contribution in [3.63, 3.8) is 0 Å². The number of aromatic nitrogens is 2. The van der Waals surface area contributed by atoms with Gasteiger partial charge in [-0.2, -0.15) is 5.10 Å². The molecule has 0 aliphatic rings. The normalized spacial score (nSPS) is 11.8. The van der Waals surface area contributed by atoms with Crippen molar-refractivity contribution in [1.29, 1.82) is 0 Å². The Bertz CT molecular complexity index is 1150. The van der Waals surface area contributed by atoms with Crippen molar-refractivity contribution in [3.8, 4) is 11.5 Å². The van der Waals surface area contributed by atoms with Gasteiger partial charge in [0.25, 0.3) is 5.69 Å². The summed E-state index contributed by atoms with van der Waals surface area (Å²) in [6, 6.07) is 7.39. The maximum atomic E-state index is 12.7. The number of hydrogen-bond donors (Lipinski definition) is 1. The number of amides is 1. The second-order valence-electron chi connectivity index (χ2n) is 7.49. The fraction of sp³-hybridized carbons (Fsp3) is 0.273. The minimum absolute atomic E-state index is 0.194. The number of aryl methyl sites for hydroxylation is 3. The zero-order valence-electron chi connectivity index (χ0n) is 17.9. The van der Waals surface area contributed by atoms with E-state index in [1.54, 1.807) is 26.1 Å². The van der Waals surface area contributed by atoms with E-state index in [0.29, 0.717) is 16.5 Å². The van der Waals surface area contributed by atoms with Crippen LogP contribution < -0.4 is 10.1 Å². The number of carbonyl (C=O) groups is 1. The average molecular weight is 443 g/mol. The Balaban J connectivity index is 1.90. The van der Waals surface area contributed by atoms with E-state index < -0.39 is 16.9 Å². The van der Waals surface area contributed by atoms with Crippen LogP contribution in [0.1, 0.15) is 35.3 Å². The van der Waals surface area contributed by atoms with Gasteiger partial charge in [0.1, 0.15) is 17.5 Å². The van der Waals surface area contributed by atoms with Gasteiger partial charge < -0.3 is 10.1 Å². The highest BCUT2D eigenvalue weighted by atomic mass is 35.5. The quantitative estimate of drug-likeness (QED) is 0.391. The van der Waals surface area contributed by atoms with E-state index in [9.17, 15) is 14.9 Å². The van der Waals surface area contributed by atoms with E-state index >= 15 is 0 Å². The summed E-state index contributed by atoms with van der Waals surface area (Å²) >= 11 is 6.02. The lowest BCUT2D eigenvalue weighted by Crippen LogP contribution is -2.24. The predicted molar refractivity (Wildman–Crippen MR) is 119 cm³/mol. The lowest BCUT2D eigenvalue weighted by atomic mass is 10.1. The number of rotatable bonds is 6. The van der Waals surface area contributed by atoms with Crippen LogP contribution in [0.4, 0.5) is 11.4 Å². The van der Waals surface area contributed by atoms with Gasteiger partial charge in [-0.05, 0) is 57.4 Å². The topological polar surface area (TPSA) is 99.3 Å². The third kappa shape index (κ3) is 5.03. The molecular weight excluding hydrogens is 420 g/mol. The average Bonchev–Trinajstić information content (AvgIpc) is 3.03. The van der Waals surface area contributed by atoms with E-state index in [1.165, 1.54) is 16.8 Å². The molecule has 1 N–H and O–H groups in total. The van der Waals surface area contributed by atoms with Crippen LogP contribution in [0.15, 0.2) is 36.5 Å². The number of nitrogens with one attached hydrogen (secondary N) is 1. The molecule has 2 aromatic carbocycles. The van der Waals surface area contributed by atoms with Crippen LogP contribution in [0.25, 0.3) is 0 Å². The van der Waals surface area contributed by atoms with Crippen LogP contribution in [0.3, 0.4) is 0 Å². The Morgan fingerprint density at radius 2 is 1.90 bits per heavy atom. The highest BCUT2D eigenvalue weighted by molar-refractivity contribution is 6.31. The monoisotopic (exact) mass is 442 g/mol. The first-order valence-electron chi connectivity index (χ1n) is 9.62. The molecular formula is C22H23ClN4O4. The van der Waals surface area contributed by atoms with Gasteiger partial charge in [0.15, 0.2) is 0 Å². The van der Waals surface area contributed by atoms with Crippen molar-refractivity contribution < 1.29 is 14.5 Å². The molecule has 0 radical (unpaired) electrons. The Labute approximate surface area is 184 Å². The summed E-state index contributed by atoms with van der Waals surface area (Å²) in [7, 11) is 0. The third-order valence-corrected chi connectivity index (χ3v) is 5.37. The molecule has 0 fully saturated rings. The van der Waals surface area contributed by atoms with Crippen LogP contribution in [-0.4, -0.2) is 20.6 Å². The summed E-state index contributed by atoms with van der Waals surface area (Å²) in [6.07, 6.45) is 1.56. The van der Waals surface area contributed by atoms with E-state index in [2.05, 4.69) is 10.4 Å². The number of nitro benzene ring substituents is 1. The number of anilines is 1. The highest BCUT2D eigenvalue weighted by Gasteiger charge is 2.20. The molecule has 1 atom stereocenters. The van der Waals surface area contributed by atoms with Crippen molar-refractivity contribution in [3.05, 3.63) is 74.0 Å². The van der Waals surface area contributed by atoms with Gasteiger partial charge in [0.05, 0.1) is 27.4 Å². The summed E-state index contributed by atoms with van der Waals surface area (Å²) in [4.78, 5) is 23.6. The molecule has 31 heavy (non-hydrogen) atoms.